The minimum Gasteiger partial charge on any atom is -0.497 e. The Kier molecular flexibility index (Phi) is 6.57. The summed E-state index contributed by atoms with van der Waals surface area (Å²) in [7, 11) is 1.64. The largest absolute Gasteiger partial charge is 0.497 e. The second kappa shape index (κ2) is 9.88. The second-order valence-electron chi connectivity index (χ2n) is 7.68. The minimum atomic E-state index is -0.123. The maximum absolute atomic E-state index is 13.0. The summed E-state index contributed by atoms with van der Waals surface area (Å²) in [5, 5.41) is 12.0. The molecule has 1 aliphatic heterocycles. The van der Waals surface area contributed by atoms with Gasteiger partial charge in [0.2, 0.25) is 0 Å². The number of hydrogen-bond donors (Lipinski definition) is 1. The summed E-state index contributed by atoms with van der Waals surface area (Å²) in [5.41, 5.74) is 3.30. The van der Waals surface area contributed by atoms with E-state index in [1.807, 2.05) is 65.6 Å². The predicted molar refractivity (Wildman–Crippen MR) is 123 cm³/mol. The number of hydrogen-bond acceptors (Lipinski definition) is 4. The summed E-state index contributed by atoms with van der Waals surface area (Å²) in [6.07, 6.45) is 1.90. The van der Waals surface area contributed by atoms with Gasteiger partial charge in [-0.15, -0.1) is 0 Å². The number of nitriles is 1. The van der Waals surface area contributed by atoms with Crippen LogP contribution in [-0.2, 0) is 6.61 Å². The lowest BCUT2D eigenvalue weighted by Crippen LogP contribution is -2.34. The fraction of sp³-hybridized carbons (Fsp3) is 0.231. The number of benzene rings is 3. The highest BCUT2D eigenvalue weighted by atomic mass is 16.5. The van der Waals surface area contributed by atoms with Gasteiger partial charge in [0.1, 0.15) is 18.1 Å². The zero-order valence-electron chi connectivity index (χ0n) is 18.0. The highest BCUT2D eigenvalue weighted by molar-refractivity contribution is 5.90. The Morgan fingerprint density at radius 3 is 2.69 bits per heavy atom. The molecule has 1 N–H and O–H groups in total. The fourth-order valence-electron chi connectivity index (χ4n) is 3.94. The Balaban J connectivity index is 1.40. The summed E-state index contributed by atoms with van der Waals surface area (Å²) in [6.45, 7) is 1.06. The van der Waals surface area contributed by atoms with E-state index in [0.717, 1.165) is 29.7 Å². The predicted octanol–water partition coefficient (Wildman–Crippen LogP) is 5.51. The van der Waals surface area contributed by atoms with E-state index in [9.17, 15) is 4.79 Å². The van der Waals surface area contributed by atoms with Gasteiger partial charge in [-0.3, -0.25) is 0 Å². The molecule has 0 spiro atoms. The number of nitrogens with zero attached hydrogens (tertiary/aromatic N) is 2. The number of amides is 2. The van der Waals surface area contributed by atoms with Crippen LogP contribution in [0, 0.1) is 11.3 Å². The number of carbonyl (C=O) groups excluding carboxylic acids is 1. The average Bonchev–Trinajstić information content (AvgIpc) is 3.33. The van der Waals surface area contributed by atoms with Crippen LogP contribution in [0.4, 0.5) is 10.5 Å². The number of nitrogens with one attached hydrogen (secondary N) is 1. The van der Waals surface area contributed by atoms with Gasteiger partial charge >= 0.3 is 6.03 Å². The fourth-order valence-corrected chi connectivity index (χ4v) is 3.94. The van der Waals surface area contributed by atoms with Crippen LogP contribution in [0.25, 0.3) is 0 Å². The average molecular weight is 428 g/mol. The van der Waals surface area contributed by atoms with Crippen LogP contribution in [0.15, 0.2) is 72.8 Å². The van der Waals surface area contributed by atoms with E-state index in [1.54, 1.807) is 19.2 Å². The molecule has 4 rings (SSSR count). The SMILES string of the molecule is COc1ccc([C@H]2CCCN2C(=O)Nc2cccc(OCc3cccc(C#N)c3)c2)cc1. The molecular formula is C26H25N3O3. The maximum Gasteiger partial charge on any atom is 0.322 e. The van der Waals surface area contributed by atoms with Crippen molar-refractivity contribution in [2.24, 2.45) is 0 Å². The van der Waals surface area contributed by atoms with Gasteiger partial charge in [-0.1, -0.05) is 30.3 Å². The summed E-state index contributed by atoms with van der Waals surface area (Å²) < 4.78 is 11.1. The van der Waals surface area contributed by atoms with Crippen LogP contribution in [0.2, 0.25) is 0 Å². The van der Waals surface area contributed by atoms with Gasteiger partial charge in [0.15, 0.2) is 0 Å². The first-order chi connectivity index (χ1) is 15.7. The number of methoxy groups -OCH3 is 1. The molecule has 1 saturated heterocycles. The summed E-state index contributed by atoms with van der Waals surface area (Å²) in [5.74, 6) is 1.46. The van der Waals surface area contributed by atoms with E-state index < -0.39 is 0 Å². The van der Waals surface area contributed by atoms with Gasteiger partial charge in [0, 0.05) is 18.3 Å². The third-order valence-electron chi connectivity index (χ3n) is 5.56. The van der Waals surface area contributed by atoms with Crippen molar-refractivity contribution in [3.63, 3.8) is 0 Å². The number of ether oxygens (including phenoxy) is 2. The molecule has 1 heterocycles. The van der Waals surface area contributed by atoms with Crippen molar-refractivity contribution in [1.29, 1.82) is 5.26 Å². The van der Waals surface area contributed by atoms with E-state index in [-0.39, 0.29) is 12.1 Å². The van der Waals surface area contributed by atoms with E-state index >= 15 is 0 Å². The highest BCUT2D eigenvalue weighted by Crippen LogP contribution is 2.33. The Hall–Kier alpha value is -3.98. The van der Waals surface area contributed by atoms with E-state index in [2.05, 4.69) is 11.4 Å². The van der Waals surface area contributed by atoms with Crippen molar-refractivity contribution in [2.75, 3.05) is 19.0 Å². The first-order valence-electron chi connectivity index (χ1n) is 10.6. The van der Waals surface area contributed by atoms with Crippen molar-refractivity contribution in [3.8, 4) is 17.6 Å². The maximum atomic E-state index is 13.0. The molecule has 162 valence electrons. The smallest absolute Gasteiger partial charge is 0.322 e. The highest BCUT2D eigenvalue weighted by Gasteiger charge is 2.30. The Labute approximate surface area is 188 Å². The van der Waals surface area contributed by atoms with Crippen LogP contribution in [0.1, 0.15) is 35.6 Å². The number of carbonyl (C=O) groups is 1. The van der Waals surface area contributed by atoms with Crippen molar-refractivity contribution in [2.45, 2.75) is 25.5 Å². The lowest BCUT2D eigenvalue weighted by Gasteiger charge is -2.25. The Morgan fingerprint density at radius 1 is 1.09 bits per heavy atom. The molecule has 1 fully saturated rings. The standard InChI is InChI=1S/C26H25N3O3/c1-31-23-12-10-21(11-13-23)25-9-4-14-29(25)26(30)28-22-7-3-8-24(16-22)32-18-20-6-2-5-19(15-20)17-27/h2-3,5-8,10-13,15-16,25H,4,9,14,18H2,1H3,(H,28,30)/t25-/m1/s1. The van der Waals surface area contributed by atoms with Gasteiger partial charge in [-0.05, 0) is 60.4 Å². The van der Waals surface area contributed by atoms with Crippen molar-refractivity contribution >= 4 is 11.7 Å². The summed E-state index contributed by atoms with van der Waals surface area (Å²) >= 11 is 0. The lowest BCUT2D eigenvalue weighted by atomic mass is 10.0. The number of anilines is 1. The van der Waals surface area contributed by atoms with E-state index in [0.29, 0.717) is 30.2 Å². The van der Waals surface area contributed by atoms with Gasteiger partial charge in [0.05, 0.1) is 24.8 Å². The molecule has 3 aromatic rings. The summed E-state index contributed by atoms with van der Waals surface area (Å²) in [4.78, 5) is 14.9. The van der Waals surface area contributed by atoms with Crippen LogP contribution in [-0.4, -0.2) is 24.6 Å². The second-order valence-corrected chi connectivity index (χ2v) is 7.68. The Bertz CT molecular complexity index is 1120. The van der Waals surface area contributed by atoms with Gasteiger partial charge in [-0.2, -0.15) is 5.26 Å². The zero-order chi connectivity index (χ0) is 22.3. The first-order valence-corrected chi connectivity index (χ1v) is 10.6. The minimum absolute atomic E-state index is 0.0488. The molecule has 0 saturated carbocycles. The first kappa shape index (κ1) is 21.3. The Morgan fingerprint density at radius 2 is 1.91 bits per heavy atom. The molecule has 0 bridgehead atoms. The lowest BCUT2D eigenvalue weighted by molar-refractivity contribution is 0.207. The van der Waals surface area contributed by atoms with Crippen LogP contribution >= 0.6 is 0 Å². The van der Waals surface area contributed by atoms with E-state index in [4.69, 9.17) is 14.7 Å². The molecule has 1 atom stereocenters. The monoisotopic (exact) mass is 427 g/mol. The topological polar surface area (TPSA) is 74.6 Å². The third-order valence-corrected chi connectivity index (χ3v) is 5.56. The van der Waals surface area contributed by atoms with Crippen molar-refractivity contribution in [1.82, 2.24) is 4.90 Å². The third kappa shape index (κ3) is 5.01. The van der Waals surface area contributed by atoms with Crippen LogP contribution in [0.3, 0.4) is 0 Å². The molecule has 3 aromatic carbocycles. The van der Waals surface area contributed by atoms with E-state index in [1.165, 1.54) is 0 Å². The molecule has 1 aliphatic rings. The van der Waals surface area contributed by atoms with Gasteiger partial charge in [0.25, 0.3) is 0 Å². The number of rotatable bonds is 6. The van der Waals surface area contributed by atoms with Crippen LogP contribution < -0.4 is 14.8 Å². The zero-order valence-corrected chi connectivity index (χ0v) is 18.0. The molecular weight excluding hydrogens is 402 g/mol. The van der Waals surface area contributed by atoms with Crippen LogP contribution in [0.5, 0.6) is 11.5 Å². The van der Waals surface area contributed by atoms with Gasteiger partial charge < -0.3 is 19.7 Å². The molecule has 32 heavy (non-hydrogen) atoms. The molecule has 0 aliphatic carbocycles. The number of urea groups is 1. The molecule has 0 unspecified atom stereocenters. The molecule has 2 amide bonds. The van der Waals surface area contributed by atoms with Crippen molar-refractivity contribution in [3.05, 3.63) is 89.5 Å². The molecule has 6 heteroatoms. The molecule has 0 radical (unpaired) electrons. The molecule has 0 aromatic heterocycles. The normalized spacial score (nSPS) is 15.1. The molecule has 6 nitrogen and oxygen atoms in total. The quantitative estimate of drug-likeness (QED) is 0.562. The van der Waals surface area contributed by atoms with Gasteiger partial charge in [-0.25, -0.2) is 4.79 Å². The van der Waals surface area contributed by atoms with Crippen molar-refractivity contribution < 1.29 is 14.3 Å². The summed E-state index contributed by atoms with van der Waals surface area (Å²) in [6, 6.07) is 24.6. The number of likely N-dealkylation sites (tertiary alicyclic amines) is 1.